The summed E-state index contributed by atoms with van der Waals surface area (Å²) in [6, 6.07) is 11.5. The summed E-state index contributed by atoms with van der Waals surface area (Å²) >= 11 is 1.60. The molecule has 0 amide bonds. The van der Waals surface area contributed by atoms with Gasteiger partial charge in [-0.05, 0) is 30.5 Å². The van der Waals surface area contributed by atoms with Crippen molar-refractivity contribution in [1.82, 2.24) is 14.8 Å². The van der Waals surface area contributed by atoms with Crippen LogP contribution in [-0.2, 0) is 0 Å². The Morgan fingerprint density at radius 2 is 2.00 bits per heavy atom. The van der Waals surface area contributed by atoms with Crippen molar-refractivity contribution in [3.63, 3.8) is 0 Å². The summed E-state index contributed by atoms with van der Waals surface area (Å²) < 4.78 is 2.50. The topological polar surface area (TPSA) is 50.7 Å². The number of thiophene rings is 1. The van der Waals surface area contributed by atoms with Gasteiger partial charge in [-0.25, -0.2) is 0 Å². The number of hydrogen-bond acceptors (Lipinski definition) is 3. The van der Waals surface area contributed by atoms with E-state index in [0.717, 1.165) is 27.3 Å². The Morgan fingerprint density at radius 3 is 2.80 bits per heavy atom. The lowest BCUT2D eigenvalue weighted by Crippen LogP contribution is -2.15. The lowest BCUT2D eigenvalue weighted by Gasteiger charge is -2.01. The summed E-state index contributed by atoms with van der Waals surface area (Å²) in [5, 5.41) is 6.54. The van der Waals surface area contributed by atoms with Crippen molar-refractivity contribution in [2.75, 3.05) is 0 Å². The minimum atomic E-state index is -0.0738. The third-order valence-electron chi connectivity index (χ3n) is 3.42. The predicted octanol–water partition coefficient (Wildman–Crippen LogP) is 3.19. The van der Waals surface area contributed by atoms with E-state index in [0.29, 0.717) is 5.56 Å². The first-order valence-electron chi connectivity index (χ1n) is 6.30. The molecule has 0 saturated heterocycles. The first-order valence-corrected chi connectivity index (χ1v) is 7.18. The summed E-state index contributed by atoms with van der Waals surface area (Å²) in [6.45, 7) is 1.91. The minimum Gasteiger partial charge on any atom is -0.357 e. The molecule has 0 radical (unpaired) electrons. The molecule has 0 atom stereocenters. The summed E-state index contributed by atoms with van der Waals surface area (Å²) in [5.41, 5.74) is 4.05. The SMILES string of the molecule is Cc1[nH]c2ccsc2c2nn(-c3ccccc3)c(=O)c1-2. The Balaban J connectivity index is 2.15. The second-order valence-electron chi connectivity index (χ2n) is 4.69. The standard InChI is InChI=1S/C15H11N3OS/c1-9-12-13(14-11(16-9)7-8-20-14)17-18(15(12)19)10-5-3-2-4-6-10/h2-8,16H,1H3. The third kappa shape index (κ3) is 1.47. The van der Waals surface area contributed by atoms with Crippen LogP contribution in [0.2, 0.25) is 0 Å². The van der Waals surface area contributed by atoms with E-state index in [1.54, 1.807) is 11.3 Å². The zero-order valence-electron chi connectivity index (χ0n) is 10.8. The number of para-hydroxylation sites is 1. The molecule has 4 rings (SSSR count). The van der Waals surface area contributed by atoms with Crippen LogP contribution in [0.5, 0.6) is 0 Å². The summed E-state index contributed by atoms with van der Waals surface area (Å²) in [7, 11) is 0. The van der Waals surface area contributed by atoms with Gasteiger partial charge in [0.2, 0.25) is 0 Å². The zero-order valence-corrected chi connectivity index (χ0v) is 11.6. The van der Waals surface area contributed by atoms with E-state index in [2.05, 4.69) is 10.1 Å². The van der Waals surface area contributed by atoms with Gasteiger partial charge in [0.05, 0.1) is 21.5 Å². The van der Waals surface area contributed by atoms with Crippen LogP contribution in [0.15, 0.2) is 46.6 Å². The van der Waals surface area contributed by atoms with E-state index >= 15 is 0 Å². The number of hydrogen-bond donors (Lipinski definition) is 1. The van der Waals surface area contributed by atoms with Crippen LogP contribution in [0.25, 0.3) is 27.2 Å². The molecule has 0 unspecified atom stereocenters. The van der Waals surface area contributed by atoms with E-state index in [1.807, 2.05) is 48.7 Å². The highest BCUT2D eigenvalue weighted by Crippen LogP contribution is 2.32. The maximum Gasteiger partial charge on any atom is 0.282 e. The number of aromatic amines is 1. The molecule has 20 heavy (non-hydrogen) atoms. The first-order chi connectivity index (χ1) is 9.75. The fourth-order valence-corrected chi connectivity index (χ4v) is 3.34. The normalized spacial score (nSPS) is 11.4. The monoisotopic (exact) mass is 281 g/mol. The highest BCUT2D eigenvalue weighted by Gasteiger charge is 2.22. The first kappa shape index (κ1) is 11.4. The molecule has 1 aromatic heterocycles. The second-order valence-corrected chi connectivity index (χ2v) is 5.61. The predicted molar refractivity (Wildman–Crippen MR) is 80.9 cm³/mol. The van der Waals surface area contributed by atoms with E-state index < -0.39 is 0 Å². The number of aromatic nitrogens is 3. The quantitative estimate of drug-likeness (QED) is 0.582. The maximum absolute atomic E-state index is 12.6. The van der Waals surface area contributed by atoms with Gasteiger partial charge in [-0.15, -0.1) is 11.3 Å². The highest BCUT2D eigenvalue weighted by molar-refractivity contribution is 7.17. The fourth-order valence-electron chi connectivity index (χ4n) is 2.50. The van der Waals surface area contributed by atoms with Crippen molar-refractivity contribution < 1.29 is 0 Å². The Labute approximate surface area is 118 Å². The van der Waals surface area contributed by atoms with Crippen LogP contribution in [0.1, 0.15) is 5.69 Å². The van der Waals surface area contributed by atoms with Gasteiger partial charge in [0.25, 0.3) is 5.56 Å². The number of rotatable bonds is 1. The second kappa shape index (κ2) is 4.05. The largest absolute Gasteiger partial charge is 0.357 e. The summed E-state index contributed by atoms with van der Waals surface area (Å²) in [5.74, 6) is 0. The van der Waals surface area contributed by atoms with Crippen LogP contribution in [0.3, 0.4) is 0 Å². The molecule has 0 spiro atoms. The van der Waals surface area contributed by atoms with Crippen LogP contribution in [-0.4, -0.2) is 14.8 Å². The van der Waals surface area contributed by atoms with Gasteiger partial charge in [-0.1, -0.05) is 18.2 Å². The van der Waals surface area contributed by atoms with Crippen molar-refractivity contribution >= 4 is 21.6 Å². The van der Waals surface area contributed by atoms with Gasteiger partial charge in [-0.3, -0.25) is 4.79 Å². The van der Waals surface area contributed by atoms with Gasteiger partial charge in [0.1, 0.15) is 5.69 Å². The molecule has 2 aromatic rings. The van der Waals surface area contributed by atoms with Crippen LogP contribution >= 0.6 is 11.3 Å². The Bertz CT molecular complexity index is 933. The number of fused-ring (bicyclic) bond motifs is 3. The summed E-state index contributed by atoms with van der Waals surface area (Å²) in [6.07, 6.45) is 0. The lowest BCUT2D eigenvalue weighted by atomic mass is 10.1. The molecular weight excluding hydrogens is 270 g/mol. The number of nitrogens with one attached hydrogen (secondary N) is 1. The van der Waals surface area contributed by atoms with E-state index in [1.165, 1.54) is 4.68 Å². The fraction of sp³-hybridized carbons (Fsp3) is 0.0667. The minimum absolute atomic E-state index is 0.0738. The highest BCUT2D eigenvalue weighted by atomic mass is 32.1. The van der Waals surface area contributed by atoms with Gasteiger partial charge in [0, 0.05) is 5.69 Å². The van der Waals surface area contributed by atoms with E-state index in [-0.39, 0.29) is 5.56 Å². The van der Waals surface area contributed by atoms with Crippen molar-refractivity contribution in [3.05, 3.63) is 57.8 Å². The molecule has 0 fully saturated rings. The van der Waals surface area contributed by atoms with Crippen molar-refractivity contribution in [1.29, 1.82) is 0 Å². The molecule has 0 bridgehead atoms. The van der Waals surface area contributed by atoms with Crippen LogP contribution < -0.4 is 5.56 Å². The Hall–Kier alpha value is -2.40. The molecule has 1 aromatic carbocycles. The van der Waals surface area contributed by atoms with Crippen LogP contribution in [0, 0.1) is 6.92 Å². The molecular formula is C15H11N3OS. The molecule has 0 aliphatic carbocycles. The molecule has 2 aliphatic heterocycles. The van der Waals surface area contributed by atoms with Gasteiger partial charge in [-0.2, -0.15) is 9.78 Å². The average molecular weight is 281 g/mol. The Kier molecular flexibility index (Phi) is 2.31. The molecule has 1 N–H and O–H groups in total. The number of pyridine rings is 1. The third-order valence-corrected chi connectivity index (χ3v) is 4.34. The van der Waals surface area contributed by atoms with Crippen LogP contribution in [0.4, 0.5) is 0 Å². The lowest BCUT2D eigenvalue weighted by molar-refractivity contribution is 0.859. The number of aryl methyl sites for hydroxylation is 1. The van der Waals surface area contributed by atoms with Gasteiger partial charge < -0.3 is 4.98 Å². The van der Waals surface area contributed by atoms with E-state index in [9.17, 15) is 4.79 Å². The van der Waals surface area contributed by atoms with Gasteiger partial charge in [0.15, 0.2) is 0 Å². The summed E-state index contributed by atoms with van der Waals surface area (Å²) in [4.78, 5) is 15.9. The van der Waals surface area contributed by atoms with E-state index in [4.69, 9.17) is 0 Å². The van der Waals surface area contributed by atoms with Crippen molar-refractivity contribution in [3.8, 4) is 16.9 Å². The molecule has 3 heterocycles. The molecule has 98 valence electrons. The molecule has 5 heteroatoms. The molecule has 2 aliphatic rings. The molecule has 4 nitrogen and oxygen atoms in total. The van der Waals surface area contributed by atoms with Gasteiger partial charge >= 0.3 is 0 Å². The smallest absolute Gasteiger partial charge is 0.282 e. The number of H-pyrrole nitrogens is 1. The maximum atomic E-state index is 12.6. The van der Waals surface area contributed by atoms with Crippen molar-refractivity contribution in [2.24, 2.45) is 0 Å². The Morgan fingerprint density at radius 1 is 1.20 bits per heavy atom. The number of nitrogens with zero attached hydrogens (tertiary/aromatic N) is 2. The zero-order chi connectivity index (χ0) is 13.7. The average Bonchev–Trinajstić information content (AvgIpc) is 3.04. The number of benzene rings is 1. The van der Waals surface area contributed by atoms with Crippen molar-refractivity contribution in [2.45, 2.75) is 6.92 Å². The molecule has 0 saturated carbocycles.